The molecule has 2 aliphatic rings. The van der Waals surface area contributed by atoms with Gasteiger partial charge in [0.25, 0.3) is 5.56 Å². The van der Waals surface area contributed by atoms with Crippen molar-refractivity contribution in [1.82, 2.24) is 9.55 Å². The van der Waals surface area contributed by atoms with Crippen molar-refractivity contribution in [3.63, 3.8) is 0 Å². The van der Waals surface area contributed by atoms with E-state index in [0.29, 0.717) is 38.5 Å². The lowest BCUT2D eigenvalue weighted by Crippen LogP contribution is -2.53. The highest BCUT2D eigenvalue weighted by molar-refractivity contribution is 5.47. The SMILES string of the molecule is O=c1cc(N2CCOCC2)nc2n1CCC(C(F)(F)F)N2CCc1ccc(O)cc1. The van der Waals surface area contributed by atoms with Crippen LogP contribution in [0.1, 0.15) is 12.0 Å². The molecule has 30 heavy (non-hydrogen) atoms. The number of aromatic nitrogens is 2. The van der Waals surface area contributed by atoms with E-state index in [4.69, 9.17) is 4.74 Å². The van der Waals surface area contributed by atoms with Gasteiger partial charge < -0.3 is 19.6 Å². The van der Waals surface area contributed by atoms with E-state index >= 15 is 0 Å². The van der Waals surface area contributed by atoms with Gasteiger partial charge in [-0.1, -0.05) is 12.1 Å². The minimum absolute atomic E-state index is 0.0234. The monoisotopic (exact) mass is 424 g/mol. The fourth-order valence-corrected chi connectivity index (χ4v) is 3.92. The van der Waals surface area contributed by atoms with Crippen LogP contribution in [-0.2, 0) is 17.7 Å². The van der Waals surface area contributed by atoms with Gasteiger partial charge in [-0.15, -0.1) is 0 Å². The van der Waals surface area contributed by atoms with Crippen molar-refractivity contribution < 1.29 is 23.0 Å². The third-order valence-corrected chi connectivity index (χ3v) is 5.52. The number of ether oxygens (including phenoxy) is 1. The minimum atomic E-state index is -4.44. The summed E-state index contributed by atoms with van der Waals surface area (Å²) in [6, 6.07) is 6.03. The molecule has 2 aromatic rings. The molecule has 0 bridgehead atoms. The molecule has 2 aliphatic heterocycles. The number of phenols is 1. The summed E-state index contributed by atoms with van der Waals surface area (Å²) >= 11 is 0. The van der Waals surface area contributed by atoms with Gasteiger partial charge in [0.1, 0.15) is 17.6 Å². The molecule has 162 valence electrons. The molecular weight excluding hydrogens is 401 g/mol. The Morgan fingerprint density at radius 1 is 1.13 bits per heavy atom. The van der Waals surface area contributed by atoms with E-state index in [1.54, 1.807) is 12.1 Å². The van der Waals surface area contributed by atoms with E-state index in [1.165, 1.54) is 27.7 Å². The molecule has 4 rings (SSSR count). The third kappa shape index (κ3) is 4.23. The number of alkyl halides is 3. The third-order valence-electron chi connectivity index (χ3n) is 5.52. The summed E-state index contributed by atoms with van der Waals surface area (Å²) in [5.41, 5.74) is 0.439. The fraction of sp³-hybridized carbons (Fsp3) is 0.500. The molecule has 7 nitrogen and oxygen atoms in total. The number of anilines is 2. The Morgan fingerprint density at radius 3 is 2.50 bits per heavy atom. The van der Waals surface area contributed by atoms with Gasteiger partial charge in [-0.05, 0) is 30.5 Å². The van der Waals surface area contributed by atoms with Gasteiger partial charge >= 0.3 is 6.18 Å². The van der Waals surface area contributed by atoms with E-state index < -0.39 is 12.2 Å². The number of hydrogen-bond donors (Lipinski definition) is 1. The van der Waals surface area contributed by atoms with E-state index in [0.717, 1.165) is 5.56 Å². The Kier molecular flexibility index (Phi) is 5.59. The molecule has 1 saturated heterocycles. The van der Waals surface area contributed by atoms with Crippen LogP contribution in [0.2, 0.25) is 0 Å². The van der Waals surface area contributed by atoms with Crippen LogP contribution in [0.25, 0.3) is 0 Å². The van der Waals surface area contributed by atoms with Crippen LogP contribution in [0.15, 0.2) is 35.1 Å². The van der Waals surface area contributed by atoms with Crippen LogP contribution in [0.4, 0.5) is 24.9 Å². The van der Waals surface area contributed by atoms with Gasteiger partial charge in [0.05, 0.1) is 13.2 Å². The Labute approximate surface area is 171 Å². The van der Waals surface area contributed by atoms with Crippen LogP contribution in [0.5, 0.6) is 5.75 Å². The summed E-state index contributed by atoms with van der Waals surface area (Å²) < 4.78 is 48.0. The standard InChI is InChI=1S/C20H23F3N4O3/c21-20(22,23)16-6-8-27-18(29)13-17(25-9-11-30-12-10-25)24-19(27)26(16)7-5-14-1-3-15(28)4-2-14/h1-4,13,16,28H,5-12H2. The predicted octanol–water partition coefficient (Wildman–Crippen LogP) is 2.17. The maximum absolute atomic E-state index is 13.8. The minimum Gasteiger partial charge on any atom is -0.508 e. The second-order valence-corrected chi connectivity index (χ2v) is 7.46. The summed E-state index contributed by atoms with van der Waals surface area (Å²) in [6.07, 6.45) is -4.32. The Balaban J connectivity index is 1.68. The largest absolute Gasteiger partial charge is 0.508 e. The first-order valence-electron chi connectivity index (χ1n) is 9.89. The van der Waals surface area contributed by atoms with E-state index in [1.807, 2.05) is 4.90 Å². The number of fused-ring (bicyclic) bond motifs is 1. The maximum Gasteiger partial charge on any atom is 0.408 e. The average Bonchev–Trinajstić information content (AvgIpc) is 2.73. The van der Waals surface area contributed by atoms with Crippen molar-refractivity contribution in [2.75, 3.05) is 42.6 Å². The van der Waals surface area contributed by atoms with E-state index in [2.05, 4.69) is 4.98 Å². The molecular formula is C20H23F3N4O3. The van der Waals surface area contributed by atoms with E-state index in [9.17, 15) is 23.1 Å². The fourth-order valence-electron chi connectivity index (χ4n) is 3.92. The van der Waals surface area contributed by atoms with Gasteiger partial charge in [-0.25, -0.2) is 0 Å². The van der Waals surface area contributed by atoms with Gasteiger partial charge in [0.15, 0.2) is 0 Å². The second kappa shape index (κ2) is 8.17. The normalized spacial score (nSPS) is 19.6. The molecule has 1 unspecified atom stereocenters. The maximum atomic E-state index is 13.8. The van der Waals surface area contributed by atoms with Crippen molar-refractivity contribution in [2.24, 2.45) is 0 Å². The van der Waals surface area contributed by atoms with Gasteiger partial charge in [0.2, 0.25) is 5.95 Å². The molecule has 1 atom stereocenters. The molecule has 3 heterocycles. The lowest BCUT2D eigenvalue weighted by molar-refractivity contribution is -0.152. The van der Waals surface area contributed by atoms with Crippen LogP contribution in [0.3, 0.4) is 0 Å². The number of hydrogen-bond acceptors (Lipinski definition) is 6. The number of aromatic hydroxyl groups is 1. The van der Waals surface area contributed by atoms with Gasteiger partial charge in [-0.2, -0.15) is 18.2 Å². The number of phenolic OH excluding ortho intramolecular Hbond substituents is 1. The highest BCUT2D eigenvalue weighted by atomic mass is 19.4. The molecule has 1 aromatic heterocycles. The lowest BCUT2D eigenvalue weighted by Gasteiger charge is -2.39. The summed E-state index contributed by atoms with van der Waals surface area (Å²) in [5, 5.41) is 9.42. The van der Waals surface area contributed by atoms with Crippen LogP contribution in [-0.4, -0.2) is 59.7 Å². The predicted molar refractivity (Wildman–Crippen MR) is 105 cm³/mol. The first-order chi connectivity index (χ1) is 14.3. The molecule has 1 aromatic carbocycles. The quantitative estimate of drug-likeness (QED) is 0.811. The molecule has 10 heteroatoms. The first-order valence-corrected chi connectivity index (χ1v) is 9.89. The zero-order chi connectivity index (χ0) is 21.3. The van der Waals surface area contributed by atoms with Crippen molar-refractivity contribution in [3.05, 3.63) is 46.2 Å². The van der Waals surface area contributed by atoms with Crippen LogP contribution >= 0.6 is 0 Å². The van der Waals surface area contributed by atoms with Crippen molar-refractivity contribution in [2.45, 2.75) is 31.6 Å². The molecule has 0 spiro atoms. The Morgan fingerprint density at radius 2 is 1.83 bits per heavy atom. The molecule has 1 N–H and O–H groups in total. The lowest BCUT2D eigenvalue weighted by atomic mass is 10.1. The number of morpholine rings is 1. The average molecular weight is 424 g/mol. The van der Waals surface area contributed by atoms with Crippen LogP contribution < -0.4 is 15.4 Å². The van der Waals surface area contributed by atoms with Gasteiger partial charge in [-0.3, -0.25) is 9.36 Å². The Bertz CT molecular complexity index is 940. The summed E-state index contributed by atoms with van der Waals surface area (Å²) in [4.78, 5) is 20.2. The van der Waals surface area contributed by atoms with Crippen molar-refractivity contribution in [1.29, 1.82) is 0 Å². The topological polar surface area (TPSA) is 70.8 Å². The highest BCUT2D eigenvalue weighted by Crippen LogP contribution is 2.34. The zero-order valence-corrected chi connectivity index (χ0v) is 16.3. The summed E-state index contributed by atoms with van der Waals surface area (Å²) in [6.45, 7) is 2.06. The number of rotatable bonds is 4. The van der Waals surface area contributed by atoms with Crippen molar-refractivity contribution in [3.8, 4) is 5.75 Å². The van der Waals surface area contributed by atoms with E-state index in [-0.39, 0.29) is 36.8 Å². The van der Waals surface area contributed by atoms with Crippen LogP contribution in [0, 0.1) is 0 Å². The molecule has 0 radical (unpaired) electrons. The summed E-state index contributed by atoms with van der Waals surface area (Å²) in [5.74, 6) is 0.530. The molecule has 0 amide bonds. The summed E-state index contributed by atoms with van der Waals surface area (Å²) in [7, 11) is 0. The highest BCUT2D eigenvalue weighted by Gasteiger charge is 2.46. The number of nitrogens with zero attached hydrogens (tertiary/aromatic N) is 4. The Hall–Kier alpha value is -2.75. The van der Waals surface area contributed by atoms with Crippen molar-refractivity contribution >= 4 is 11.8 Å². The smallest absolute Gasteiger partial charge is 0.408 e. The van der Waals surface area contributed by atoms with Gasteiger partial charge in [0, 0.05) is 32.2 Å². The first kappa shape index (κ1) is 20.5. The molecule has 1 fully saturated rings. The number of halogens is 3. The number of benzene rings is 1. The second-order valence-electron chi connectivity index (χ2n) is 7.46. The molecule has 0 aliphatic carbocycles. The zero-order valence-electron chi connectivity index (χ0n) is 16.3. The molecule has 0 saturated carbocycles.